The van der Waals surface area contributed by atoms with Gasteiger partial charge in [0.15, 0.2) is 5.58 Å². The number of pyridine rings is 1. The SMILES string of the molecule is FC(F)(F)c1cnc2c(oc3ccccc32)c1-c1ccc2cc(N(c3ccc(-c4cc5ccccc5nn4)cc3)c3ccc(-c4cc5ccccc5nn4)cc3)ccc2c1. The first-order valence-corrected chi connectivity index (χ1v) is 19.2. The zero-order chi connectivity index (χ0) is 40.4. The molecule has 0 unspecified atom stereocenters. The van der Waals surface area contributed by atoms with Gasteiger partial charge in [0.2, 0.25) is 0 Å². The molecule has 0 aliphatic heterocycles. The van der Waals surface area contributed by atoms with Gasteiger partial charge in [-0.2, -0.15) is 13.2 Å². The molecule has 0 aliphatic carbocycles. The van der Waals surface area contributed by atoms with E-state index in [9.17, 15) is 13.2 Å². The van der Waals surface area contributed by atoms with Crippen LogP contribution in [0.5, 0.6) is 0 Å². The van der Waals surface area contributed by atoms with Crippen molar-refractivity contribution in [2.24, 2.45) is 0 Å². The molecule has 0 fully saturated rings. The average Bonchev–Trinajstić information content (AvgIpc) is 3.67. The van der Waals surface area contributed by atoms with Gasteiger partial charge in [0.1, 0.15) is 11.1 Å². The minimum absolute atomic E-state index is 0.0383. The molecule has 0 atom stereocenters. The Hall–Kier alpha value is -7.98. The number of benzene rings is 7. The van der Waals surface area contributed by atoms with Gasteiger partial charge in [0.05, 0.1) is 28.0 Å². The van der Waals surface area contributed by atoms with E-state index >= 15 is 0 Å². The van der Waals surface area contributed by atoms with Gasteiger partial charge in [-0.3, -0.25) is 4.98 Å². The quantitative estimate of drug-likeness (QED) is 0.166. The average molecular weight is 787 g/mol. The maximum Gasteiger partial charge on any atom is 0.418 e. The number of hydrogen-bond donors (Lipinski definition) is 0. The molecule has 0 saturated heterocycles. The van der Waals surface area contributed by atoms with Gasteiger partial charge >= 0.3 is 6.18 Å². The minimum Gasteiger partial charge on any atom is -0.454 e. The number of alkyl halides is 3. The summed E-state index contributed by atoms with van der Waals surface area (Å²) >= 11 is 0. The number of anilines is 3. The molecule has 0 radical (unpaired) electrons. The fourth-order valence-electron chi connectivity index (χ4n) is 7.94. The minimum atomic E-state index is -4.65. The molecular formula is C50H29F3N6O. The lowest BCUT2D eigenvalue weighted by molar-refractivity contribution is -0.137. The molecule has 60 heavy (non-hydrogen) atoms. The molecule has 0 saturated carbocycles. The number of furan rings is 1. The van der Waals surface area contributed by atoms with Crippen LogP contribution >= 0.6 is 0 Å². The summed E-state index contributed by atoms with van der Waals surface area (Å²) in [7, 11) is 0. The first-order valence-electron chi connectivity index (χ1n) is 19.2. The summed E-state index contributed by atoms with van der Waals surface area (Å²) in [6.07, 6.45) is -3.75. The van der Waals surface area contributed by atoms with E-state index in [0.29, 0.717) is 22.0 Å². The number of nitrogens with zero attached hydrogens (tertiary/aromatic N) is 6. The third kappa shape index (κ3) is 6.13. The van der Waals surface area contributed by atoms with Gasteiger partial charge in [-0.25, -0.2) is 0 Å². The van der Waals surface area contributed by atoms with E-state index in [1.54, 1.807) is 30.3 Å². The van der Waals surface area contributed by atoms with Crippen molar-refractivity contribution >= 4 is 71.7 Å². The first kappa shape index (κ1) is 35.2. The van der Waals surface area contributed by atoms with E-state index in [1.807, 2.05) is 140 Å². The smallest absolute Gasteiger partial charge is 0.418 e. The summed E-state index contributed by atoms with van der Waals surface area (Å²) in [5.41, 5.74) is 8.10. The zero-order valence-corrected chi connectivity index (χ0v) is 31.5. The molecule has 0 amide bonds. The fourth-order valence-corrected chi connectivity index (χ4v) is 7.94. The van der Waals surface area contributed by atoms with Crippen LogP contribution in [0.1, 0.15) is 5.56 Å². The Kier molecular flexibility index (Phi) is 8.12. The van der Waals surface area contributed by atoms with Gasteiger partial charge in [-0.15, -0.1) is 20.4 Å². The maximum atomic E-state index is 14.6. The lowest BCUT2D eigenvalue weighted by Gasteiger charge is -2.26. The second kappa shape index (κ2) is 13.8. The molecule has 4 heterocycles. The molecule has 7 nitrogen and oxygen atoms in total. The largest absolute Gasteiger partial charge is 0.454 e. The number of fused-ring (bicyclic) bond motifs is 6. The number of hydrogen-bond acceptors (Lipinski definition) is 7. The van der Waals surface area contributed by atoms with Crippen LogP contribution in [0.2, 0.25) is 0 Å². The summed E-state index contributed by atoms with van der Waals surface area (Å²) in [6.45, 7) is 0. The number of halogens is 3. The van der Waals surface area contributed by atoms with Crippen LogP contribution in [-0.2, 0) is 6.18 Å². The second-order valence-electron chi connectivity index (χ2n) is 14.6. The number of rotatable bonds is 6. The third-order valence-corrected chi connectivity index (χ3v) is 10.9. The molecule has 286 valence electrons. The Morgan fingerprint density at radius 1 is 0.467 bits per heavy atom. The van der Waals surface area contributed by atoms with Gasteiger partial charge in [-0.05, 0) is 95.2 Å². The van der Waals surface area contributed by atoms with Crippen LogP contribution in [-0.4, -0.2) is 25.4 Å². The highest BCUT2D eigenvalue weighted by atomic mass is 19.4. The van der Waals surface area contributed by atoms with Crippen molar-refractivity contribution < 1.29 is 17.6 Å². The summed E-state index contributed by atoms with van der Waals surface area (Å²) in [5.74, 6) is 0. The molecule has 0 aliphatic rings. The van der Waals surface area contributed by atoms with Gasteiger partial charge in [-0.1, -0.05) is 91.0 Å². The molecule has 7 aromatic carbocycles. The van der Waals surface area contributed by atoms with E-state index in [2.05, 4.69) is 30.3 Å². The zero-order valence-electron chi connectivity index (χ0n) is 31.5. The molecule has 11 rings (SSSR count). The molecule has 0 N–H and O–H groups in total. The monoisotopic (exact) mass is 786 g/mol. The van der Waals surface area contributed by atoms with Crippen molar-refractivity contribution in [3.05, 3.63) is 182 Å². The molecule has 0 spiro atoms. The Balaban J connectivity index is 1.01. The first-order chi connectivity index (χ1) is 29.3. The molecule has 0 bridgehead atoms. The van der Waals surface area contributed by atoms with Crippen LogP contribution in [0.4, 0.5) is 30.2 Å². The van der Waals surface area contributed by atoms with Crippen molar-refractivity contribution in [3.63, 3.8) is 0 Å². The van der Waals surface area contributed by atoms with Crippen molar-refractivity contribution in [3.8, 4) is 33.6 Å². The highest BCUT2D eigenvalue weighted by molar-refractivity contribution is 6.08. The van der Waals surface area contributed by atoms with E-state index < -0.39 is 11.7 Å². The van der Waals surface area contributed by atoms with Crippen molar-refractivity contribution in [1.29, 1.82) is 0 Å². The van der Waals surface area contributed by atoms with Gasteiger partial charge < -0.3 is 9.32 Å². The van der Waals surface area contributed by atoms with Crippen molar-refractivity contribution in [2.45, 2.75) is 6.18 Å². The summed E-state index contributed by atoms with van der Waals surface area (Å²) in [4.78, 5) is 6.35. The lowest BCUT2D eigenvalue weighted by Crippen LogP contribution is -2.10. The Labute approximate surface area is 340 Å². The standard InChI is InChI=1S/C50H29F3N6O/c51-50(52,53)41-29-54-48-40-9-3-6-12-46(40)60-49(48)47(41)36-14-13-33-26-39(24-19-32(33)25-36)59(37-20-15-30(16-21-37)44-27-34-7-1-4-10-42(34)55-57-44)38-22-17-31(18-23-38)45-28-35-8-2-5-11-43(35)56-58-45/h1-29H. The number of aromatic nitrogens is 5. The lowest BCUT2D eigenvalue weighted by atomic mass is 9.96. The van der Waals surface area contributed by atoms with Crippen LogP contribution < -0.4 is 4.90 Å². The molecule has 11 aromatic rings. The highest BCUT2D eigenvalue weighted by Gasteiger charge is 2.36. The van der Waals surface area contributed by atoms with E-state index in [4.69, 9.17) is 4.42 Å². The van der Waals surface area contributed by atoms with Crippen LogP contribution in [0.3, 0.4) is 0 Å². The van der Waals surface area contributed by atoms with Crippen molar-refractivity contribution in [1.82, 2.24) is 25.4 Å². The summed E-state index contributed by atoms with van der Waals surface area (Å²) in [5, 5.41) is 22.1. The Morgan fingerprint density at radius 2 is 1.00 bits per heavy atom. The topological polar surface area (TPSA) is 80.8 Å². The van der Waals surface area contributed by atoms with Crippen LogP contribution in [0.25, 0.3) is 88.3 Å². The van der Waals surface area contributed by atoms with E-state index in [-0.39, 0.29) is 11.1 Å². The molecular weight excluding hydrogens is 758 g/mol. The Morgan fingerprint density at radius 3 is 1.63 bits per heavy atom. The summed E-state index contributed by atoms with van der Waals surface area (Å²) in [6, 6.07) is 54.5. The normalized spacial score (nSPS) is 11.9. The number of para-hydroxylation sites is 1. The Bertz CT molecular complexity index is 3320. The molecule has 4 aromatic heterocycles. The van der Waals surface area contributed by atoms with Crippen LogP contribution in [0.15, 0.2) is 180 Å². The predicted molar refractivity (Wildman–Crippen MR) is 231 cm³/mol. The fraction of sp³-hybridized carbons (Fsp3) is 0.0200. The maximum absolute atomic E-state index is 14.6. The van der Waals surface area contributed by atoms with E-state index in [0.717, 1.165) is 78.4 Å². The predicted octanol–water partition coefficient (Wildman–Crippen LogP) is 13.5. The van der Waals surface area contributed by atoms with Crippen molar-refractivity contribution in [2.75, 3.05) is 4.90 Å². The van der Waals surface area contributed by atoms with E-state index in [1.165, 1.54) is 0 Å². The van der Waals surface area contributed by atoms with Gasteiger partial charge in [0, 0.05) is 56.1 Å². The molecule has 10 heteroatoms. The highest BCUT2D eigenvalue weighted by Crippen LogP contribution is 2.44. The third-order valence-electron chi connectivity index (χ3n) is 10.9. The van der Waals surface area contributed by atoms with Crippen LogP contribution in [0, 0.1) is 0 Å². The van der Waals surface area contributed by atoms with Gasteiger partial charge in [0.25, 0.3) is 0 Å². The summed E-state index contributed by atoms with van der Waals surface area (Å²) < 4.78 is 49.7. The second-order valence-corrected chi connectivity index (χ2v) is 14.6.